The molecule has 2 unspecified atom stereocenters. The van der Waals surface area contributed by atoms with E-state index in [2.05, 4.69) is 0 Å². The molecule has 1 aromatic rings. The Morgan fingerprint density at radius 1 is 1.20 bits per heavy atom. The average Bonchev–Trinajstić information content (AvgIpc) is 3.16. The van der Waals surface area contributed by atoms with Crippen LogP contribution >= 0.6 is 0 Å². The van der Waals surface area contributed by atoms with Crippen LogP contribution in [0.2, 0.25) is 0 Å². The minimum Gasteiger partial charge on any atom is -0.454 e. The number of likely N-dealkylation sites (N-methyl/N-ethyl adjacent to an activating group) is 1. The summed E-state index contributed by atoms with van der Waals surface area (Å²) in [7, 11) is 1.83. The summed E-state index contributed by atoms with van der Waals surface area (Å²) in [6.45, 7) is 6.05. The molecule has 0 bridgehead atoms. The number of ether oxygens (including phenoxy) is 4. The Bertz CT molecular complexity index is 850. The van der Waals surface area contributed by atoms with Crippen LogP contribution in [0.1, 0.15) is 32.8 Å². The van der Waals surface area contributed by atoms with Gasteiger partial charge in [0.15, 0.2) is 11.5 Å². The van der Waals surface area contributed by atoms with Gasteiger partial charge >= 0.3 is 12.1 Å². The second-order valence-electron chi connectivity index (χ2n) is 7.29. The first kappa shape index (κ1) is 21.5. The Morgan fingerprint density at radius 2 is 1.97 bits per heavy atom. The molecular weight excluding hydrogens is 388 g/mol. The predicted octanol–water partition coefficient (Wildman–Crippen LogP) is 3.43. The monoisotopic (exact) mass is 416 g/mol. The van der Waals surface area contributed by atoms with E-state index in [0.29, 0.717) is 30.7 Å². The molecule has 3 rings (SSSR count). The van der Waals surface area contributed by atoms with Crippen molar-refractivity contribution in [3.05, 3.63) is 47.8 Å². The van der Waals surface area contributed by atoms with E-state index < -0.39 is 18.4 Å². The molecule has 8 heteroatoms. The minimum atomic E-state index is -0.992. The SMILES string of the molecule is CCN(C(=O)OC(C)OC(=O)C1=CN(C)C=CC1)C(C)Cc1ccc2c(c1)OCO2. The van der Waals surface area contributed by atoms with E-state index in [9.17, 15) is 9.59 Å². The number of allylic oxidation sites excluding steroid dienone is 1. The third-order valence-electron chi connectivity index (χ3n) is 4.92. The van der Waals surface area contributed by atoms with E-state index >= 15 is 0 Å². The van der Waals surface area contributed by atoms with Crippen molar-refractivity contribution >= 4 is 12.1 Å². The molecule has 0 aliphatic carbocycles. The Kier molecular flexibility index (Phi) is 6.87. The summed E-state index contributed by atoms with van der Waals surface area (Å²) in [5.41, 5.74) is 1.53. The van der Waals surface area contributed by atoms with Crippen molar-refractivity contribution < 1.29 is 28.5 Å². The Morgan fingerprint density at radius 3 is 2.70 bits per heavy atom. The first-order valence-electron chi connectivity index (χ1n) is 10.0. The van der Waals surface area contributed by atoms with Crippen molar-refractivity contribution in [2.75, 3.05) is 20.4 Å². The number of carbonyl (C=O) groups excluding carboxylic acids is 2. The van der Waals surface area contributed by atoms with Gasteiger partial charge in [-0.2, -0.15) is 0 Å². The predicted molar refractivity (Wildman–Crippen MR) is 110 cm³/mol. The van der Waals surface area contributed by atoms with Crippen LogP contribution in [-0.2, 0) is 20.7 Å². The standard InChI is InChI=1S/C22H28N2O6/c1-5-24(15(2)11-17-8-9-19-20(12-17)28-14-27-19)22(26)30-16(3)29-21(25)18-7-6-10-23(4)13-18/h6,8-10,12-13,15-16H,5,7,11,14H2,1-4H3. The molecule has 0 saturated heterocycles. The molecule has 0 aromatic heterocycles. The summed E-state index contributed by atoms with van der Waals surface area (Å²) in [4.78, 5) is 28.3. The molecule has 2 heterocycles. The van der Waals surface area contributed by atoms with Crippen LogP contribution in [-0.4, -0.2) is 54.6 Å². The highest BCUT2D eigenvalue weighted by Crippen LogP contribution is 2.33. The fourth-order valence-corrected chi connectivity index (χ4v) is 3.42. The molecule has 8 nitrogen and oxygen atoms in total. The normalized spacial score (nSPS) is 16.5. The van der Waals surface area contributed by atoms with E-state index in [1.54, 1.807) is 16.0 Å². The third kappa shape index (κ3) is 5.25. The minimum absolute atomic E-state index is 0.120. The van der Waals surface area contributed by atoms with E-state index in [0.717, 1.165) is 11.3 Å². The van der Waals surface area contributed by atoms with Gasteiger partial charge in [0.25, 0.3) is 0 Å². The van der Waals surface area contributed by atoms with E-state index in [1.807, 2.05) is 51.4 Å². The molecule has 162 valence electrons. The number of hydrogen-bond acceptors (Lipinski definition) is 7. The summed E-state index contributed by atoms with van der Waals surface area (Å²) in [6, 6.07) is 5.63. The lowest BCUT2D eigenvalue weighted by Gasteiger charge is -2.28. The highest BCUT2D eigenvalue weighted by atomic mass is 16.7. The molecular formula is C22H28N2O6. The molecule has 0 fully saturated rings. The first-order valence-corrected chi connectivity index (χ1v) is 10.0. The van der Waals surface area contributed by atoms with Gasteiger partial charge in [0.1, 0.15) is 0 Å². The van der Waals surface area contributed by atoms with Crippen molar-refractivity contribution in [1.82, 2.24) is 9.80 Å². The van der Waals surface area contributed by atoms with E-state index in [-0.39, 0.29) is 12.8 Å². The van der Waals surface area contributed by atoms with Crippen LogP contribution in [0.3, 0.4) is 0 Å². The average molecular weight is 416 g/mol. The topological polar surface area (TPSA) is 77.5 Å². The highest BCUT2D eigenvalue weighted by molar-refractivity contribution is 5.89. The maximum atomic E-state index is 12.6. The second kappa shape index (κ2) is 9.56. The number of benzene rings is 1. The molecule has 2 aliphatic rings. The number of esters is 1. The van der Waals surface area contributed by atoms with Crippen molar-refractivity contribution in [2.45, 2.75) is 45.9 Å². The number of hydrogen-bond donors (Lipinski definition) is 0. The van der Waals surface area contributed by atoms with Gasteiger partial charge in [0.2, 0.25) is 13.1 Å². The number of fused-ring (bicyclic) bond motifs is 1. The number of amides is 1. The molecule has 1 aromatic carbocycles. The quantitative estimate of drug-likeness (QED) is 0.498. The van der Waals surface area contributed by atoms with Crippen LogP contribution < -0.4 is 9.47 Å². The largest absolute Gasteiger partial charge is 0.454 e. The van der Waals surface area contributed by atoms with Gasteiger partial charge < -0.3 is 28.7 Å². The molecule has 2 atom stereocenters. The lowest BCUT2D eigenvalue weighted by molar-refractivity contribution is -0.161. The third-order valence-corrected chi connectivity index (χ3v) is 4.92. The molecule has 2 aliphatic heterocycles. The highest BCUT2D eigenvalue weighted by Gasteiger charge is 2.25. The maximum Gasteiger partial charge on any atom is 0.413 e. The lowest BCUT2D eigenvalue weighted by Crippen LogP contribution is -2.41. The smallest absolute Gasteiger partial charge is 0.413 e. The fourth-order valence-electron chi connectivity index (χ4n) is 3.42. The van der Waals surface area contributed by atoms with Gasteiger partial charge in [-0.05, 0) is 44.2 Å². The summed E-state index contributed by atoms with van der Waals surface area (Å²) in [5, 5.41) is 0. The van der Waals surface area contributed by atoms with Crippen molar-refractivity contribution in [3.63, 3.8) is 0 Å². The molecule has 0 saturated carbocycles. The maximum absolute atomic E-state index is 12.6. The summed E-state index contributed by atoms with van der Waals surface area (Å²) in [6.07, 6.45) is 5.01. The zero-order valence-electron chi connectivity index (χ0n) is 17.8. The van der Waals surface area contributed by atoms with Gasteiger partial charge in [-0.15, -0.1) is 0 Å². The fraction of sp³-hybridized carbons (Fsp3) is 0.455. The van der Waals surface area contributed by atoms with Gasteiger partial charge in [0.05, 0.1) is 5.57 Å². The molecule has 0 radical (unpaired) electrons. The Labute approximate surface area is 176 Å². The van der Waals surface area contributed by atoms with Crippen molar-refractivity contribution in [2.24, 2.45) is 0 Å². The van der Waals surface area contributed by atoms with Crippen LogP contribution in [0.4, 0.5) is 4.79 Å². The number of carbonyl (C=O) groups is 2. The van der Waals surface area contributed by atoms with Crippen LogP contribution in [0.5, 0.6) is 11.5 Å². The molecule has 1 amide bonds. The summed E-state index contributed by atoms with van der Waals surface area (Å²) >= 11 is 0. The van der Waals surface area contributed by atoms with Crippen LogP contribution in [0.15, 0.2) is 42.2 Å². The molecule has 0 N–H and O–H groups in total. The van der Waals surface area contributed by atoms with Gasteiger partial charge in [-0.1, -0.05) is 12.1 Å². The first-order chi connectivity index (χ1) is 14.4. The molecule has 30 heavy (non-hydrogen) atoms. The van der Waals surface area contributed by atoms with Gasteiger partial charge in [-0.3, -0.25) is 0 Å². The van der Waals surface area contributed by atoms with Crippen LogP contribution in [0.25, 0.3) is 0 Å². The summed E-state index contributed by atoms with van der Waals surface area (Å²) < 4.78 is 21.4. The van der Waals surface area contributed by atoms with Crippen molar-refractivity contribution in [3.8, 4) is 11.5 Å². The molecule has 0 spiro atoms. The zero-order valence-corrected chi connectivity index (χ0v) is 17.8. The Balaban J connectivity index is 1.53. The Hall–Kier alpha value is -3.16. The van der Waals surface area contributed by atoms with Crippen LogP contribution in [0, 0.1) is 0 Å². The van der Waals surface area contributed by atoms with E-state index in [1.165, 1.54) is 6.92 Å². The van der Waals surface area contributed by atoms with E-state index in [4.69, 9.17) is 18.9 Å². The van der Waals surface area contributed by atoms with Gasteiger partial charge in [0, 0.05) is 39.2 Å². The van der Waals surface area contributed by atoms with Crippen molar-refractivity contribution in [1.29, 1.82) is 0 Å². The number of nitrogens with zero attached hydrogens (tertiary/aromatic N) is 2. The summed E-state index contributed by atoms with van der Waals surface area (Å²) in [5.74, 6) is 0.940. The lowest BCUT2D eigenvalue weighted by atomic mass is 10.1. The zero-order chi connectivity index (χ0) is 21.7. The number of rotatable bonds is 7. The second-order valence-corrected chi connectivity index (χ2v) is 7.29. The van der Waals surface area contributed by atoms with Gasteiger partial charge in [-0.25, -0.2) is 9.59 Å².